The summed E-state index contributed by atoms with van der Waals surface area (Å²) in [5.41, 5.74) is 16.9. The van der Waals surface area contributed by atoms with Gasteiger partial charge < -0.3 is 0 Å². The first kappa shape index (κ1) is 53.8. The summed E-state index contributed by atoms with van der Waals surface area (Å²) in [7, 11) is 0. The van der Waals surface area contributed by atoms with Crippen LogP contribution in [0.5, 0.6) is 0 Å². The highest BCUT2D eigenvalue weighted by molar-refractivity contribution is 8.18. The van der Waals surface area contributed by atoms with E-state index in [2.05, 4.69) is 298 Å². The summed E-state index contributed by atoms with van der Waals surface area (Å²) >= 11 is 11.9. The molecule has 3 unspecified atom stereocenters. The Balaban J connectivity index is 0.000000109. The highest BCUT2D eigenvalue weighted by atomic mass is 32.2. The van der Waals surface area contributed by atoms with Crippen LogP contribution in [0.2, 0.25) is 0 Å². The van der Waals surface area contributed by atoms with Crippen molar-refractivity contribution < 1.29 is 27.5 Å². The number of hydrogen-bond donors (Lipinski definition) is 0. The minimum Gasteiger partial charge on any atom is -0.152 e. The van der Waals surface area contributed by atoms with Crippen molar-refractivity contribution in [3.8, 4) is 11.1 Å². The summed E-state index contributed by atoms with van der Waals surface area (Å²) in [6.07, 6.45) is 16.5. The van der Waals surface area contributed by atoms with E-state index in [0.717, 1.165) is 26.2 Å². The van der Waals surface area contributed by atoms with Gasteiger partial charge >= 0.3 is 13.0 Å². The average Bonchev–Trinajstić information content (AvgIpc) is 2.33. The van der Waals surface area contributed by atoms with E-state index in [1.54, 1.807) is 0 Å². The maximum absolute atomic E-state index is 2.56. The zero-order chi connectivity index (χ0) is 56.4. The van der Waals surface area contributed by atoms with Gasteiger partial charge in [-0.05, 0) is 97.1 Å². The van der Waals surface area contributed by atoms with E-state index in [1.165, 1.54) is 115 Å². The van der Waals surface area contributed by atoms with Gasteiger partial charge in [0.05, 0.1) is 46.2 Å². The van der Waals surface area contributed by atoms with E-state index < -0.39 is 4.33 Å². The molecule has 410 valence electrons. The van der Waals surface area contributed by atoms with Crippen LogP contribution < -0.4 is 0 Å². The molecule has 8 heterocycles. The van der Waals surface area contributed by atoms with Crippen molar-refractivity contribution in [2.45, 2.75) is 76.0 Å². The fraction of sp³-hybridized carbons (Fsp3) is 0.167. The fourth-order valence-electron chi connectivity index (χ4n) is 12.5. The molecule has 9 aromatic rings. The first-order valence-corrected chi connectivity index (χ1v) is 33.8. The van der Waals surface area contributed by atoms with Crippen LogP contribution in [-0.2, 0) is 0 Å². The Morgan fingerprint density at radius 1 is 0.286 bits per heavy atom. The monoisotopic (exact) mass is 1200 g/mol. The van der Waals surface area contributed by atoms with Crippen LogP contribution in [0.25, 0.3) is 11.1 Å². The van der Waals surface area contributed by atoms with E-state index in [9.17, 15) is 0 Å². The second-order valence-corrected chi connectivity index (χ2v) is 30.0. The highest BCUT2D eigenvalue weighted by Crippen LogP contribution is 2.58. The van der Waals surface area contributed by atoms with Crippen LogP contribution in [-0.4, -0.2) is 104 Å². The number of fused-ring (bicyclic) bond motifs is 6. The molecule has 2 saturated heterocycles. The lowest BCUT2D eigenvalue weighted by atomic mass is 10.0. The molecule has 12 heteroatoms. The average molecular weight is 1200 g/mol. The van der Waals surface area contributed by atoms with Crippen LogP contribution in [0.3, 0.4) is 0 Å². The van der Waals surface area contributed by atoms with E-state index >= 15 is 0 Å². The van der Waals surface area contributed by atoms with E-state index in [1.807, 2.05) is 70.6 Å². The first-order valence-electron chi connectivity index (χ1n) is 28.9. The minimum atomic E-state index is -0.434. The van der Waals surface area contributed by atoms with Crippen LogP contribution in [0.4, 0.5) is 11.4 Å². The van der Waals surface area contributed by atoms with Crippen molar-refractivity contribution >= 4 is 119 Å². The van der Waals surface area contributed by atoms with Gasteiger partial charge in [0.1, 0.15) is 0 Å². The molecular formula is C72H62N6S6+6. The van der Waals surface area contributed by atoms with E-state index in [0.29, 0.717) is 0 Å². The van der Waals surface area contributed by atoms with Crippen molar-refractivity contribution in [1.82, 2.24) is 0 Å². The lowest BCUT2D eigenvalue weighted by Gasteiger charge is -2.35. The number of aryl methyl sites for hydroxylation is 3. The number of rotatable bonds is 3. The minimum absolute atomic E-state index is 0.0638. The van der Waals surface area contributed by atoms with E-state index in [4.69, 9.17) is 0 Å². The molecule has 0 saturated carbocycles. The second-order valence-electron chi connectivity index (χ2n) is 22.1. The molecule has 0 aliphatic carbocycles. The van der Waals surface area contributed by atoms with Gasteiger partial charge in [0.2, 0.25) is 11.4 Å². The molecule has 9 aromatic carbocycles. The standard InChI is InChI=1S/C28H22N2S2.C25H22N2S2.C19H18N2S2/c1-21-11-10-13-23-20-30(25-16-6-3-7-17-25)28(32-27(21)23)29(24-14-4-2-5-15-24)19-22-12-8-9-18-26(22)31-28;1-18-8-5-11-20-16-26-14-7-15-27-17-21-12-6-13-22(19-9-3-2-4-10-19)24(21)29-25(26,27)28-23(18)20;1-14-6-4-8-16-13-21-11-5-10-20-12-15-7-2-3-9-17(15)22-19(20,21)23-18(14)16/h2-20H,1H3;2-6,8-13,16-17H,7,14-15H2,1H3;2-4,6-9,12-13H,5,10-11H2,1H3/q3*+2. The second kappa shape index (κ2) is 22.2. The third kappa shape index (κ3) is 9.43. The zero-order valence-corrected chi connectivity index (χ0v) is 51.9. The third-order valence-corrected chi connectivity index (χ3v) is 26.4. The maximum Gasteiger partial charge on any atom is 0.470 e. The lowest BCUT2D eigenvalue weighted by molar-refractivity contribution is -0.784. The molecule has 17 rings (SSSR count). The number of thioether (sulfide) groups is 6. The predicted molar refractivity (Wildman–Crippen MR) is 355 cm³/mol. The molecule has 3 spiro atoms. The Kier molecular flexibility index (Phi) is 14.2. The molecule has 6 nitrogen and oxygen atoms in total. The van der Waals surface area contributed by atoms with E-state index in [-0.39, 0.29) is 8.65 Å². The number of nitrogens with zero attached hydrogens (tertiary/aromatic N) is 6. The fourth-order valence-corrected chi connectivity index (χ4v) is 22.0. The van der Waals surface area contributed by atoms with Gasteiger partial charge in [-0.3, -0.25) is 0 Å². The van der Waals surface area contributed by atoms with Crippen LogP contribution in [0, 0.1) is 20.8 Å². The summed E-state index contributed by atoms with van der Waals surface area (Å²) < 4.78 is 14.4. The third-order valence-electron chi connectivity index (χ3n) is 16.6. The summed E-state index contributed by atoms with van der Waals surface area (Å²) in [5.74, 6) is 0. The van der Waals surface area contributed by atoms with Gasteiger partial charge in [-0.15, -0.1) is 9.15 Å². The molecule has 0 amide bonds. The Hall–Kier alpha value is -6.90. The van der Waals surface area contributed by atoms with Crippen molar-refractivity contribution in [1.29, 1.82) is 0 Å². The lowest BCUT2D eigenvalue weighted by Crippen LogP contribution is -2.55. The van der Waals surface area contributed by atoms with Gasteiger partial charge in [0.25, 0.3) is 0 Å². The van der Waals surface area contributed by atoms with Crippen molar-refractivity contribution in [3.05, 3.63) is 262 Å². The molecule has 8 aliphatic rings. The van der Waals surface area contributed by atoms with Crippen molar-refractivity contribution in [3.63, 3.8) is 0 Å². The highest BCUT2D eigenvalue weighted by Gasteiger charge is 2.64. The quantitative estimate of drug-likeness (QED) is 0.163. The topological polar surface area (TPSA) is 18.1 Å². The molecule has 0 bridgehead atoms. The Labute approximate surface area is 518 Å². The number of benzene rings is 9. The summed E-state index contributed by atoms with van der Waals surface area (Å²) in [5, 5.41) is 0. The predicted octanol–water partition coefficient (Wildman–Crippen LogP) is 16.3. The molecule has 84 heavy (non-hydrogen) atoms. The smallest absolute Gasteiger partial charge is 0.152 e. The maximum atomic E-state index is 2.56. The summed E-state index contributed by atoms with van der Waals surface area (Å²) in [4.78, 5) is 8.24. The van der Waals surface area contributed by atoms with Gasteiger partial charge in [-0.2, -0.15) is 18.3 Å². The van der Waals surface area contributed by atoms with Crippen molar-refractivity contribution in [2.75, 3.05) is 26.2 Å². The molecule has 0 N–H and O–H groups in total. The Bertz CT molecular complexity index is 4330. The summed E-state index contributed by atoms with van der Waals surface area (Å²) in [6, 6.07) is 76.3. The Morgan fingerprint density at radius 2 is 0.619 bits per heavy atom. The molecule has 8 aliphatic heterocycles. The molecular weight excluding hydrogens is 1140 g/mol. The van der Waals surface area contributed by atoms with Gasteiger partial charge in [-0.25, -0.2) is 0 Å². The van der Waals surface area contributed by atoms with Gasteiger partial charge in [-0.1, -0.05) is 140 Å². The molecule has 2 fully saturated rings. The van der Waals surface area contributed by atoms with Crippen LogP contribution >= 0.6 is 70.6 Å². The SMILES string of the molecule is Cc1cccc2c1SC1(Sc3ccccc3C=[N+]1c1ccccc1)[N+](c1ccccc1)=C2.Cc1cccc2c1SC13Sc4c(cccc4-c4ccccc4)C=[N+]1CCC[N+]3=C2.Cc1cccc2c1SC13Sc4ccccc4C=[N+]1CCC[N+]3=C2. The zero-order valence-electron chi connectivity index (χ0n) is 47.0. The molecule has 3 atom stereocenters. The van der Waals surface area contributed by atoms with Crippen LogP contribution in [0.15, 0.2) is 242 Å². The number of hydrogen-bond acceptors (Lipinski definition) is 6. The first-order chi connectivity index (χ1) is 41.2. The largest absolute Gasteiger partial charge is 0.470 e. The molecule has 0 aromatic heterocycles. The normalized spacial score (nSPS) is 21.5. The van der Waals surface area contributed by atoms with Gasteiger partial charge in [0, 0.05) is 124 Å². The van der Waals surface area contributed by atoms with Crippen molar-refractivity contribution in [2.24, 2.45) is 0 Å². The Morgan fingerprint density at radius 3 is 1.12 bits per heavy atom. The summed E-state index contributed by atoms with van der Waals surface area (Å²) in [6.45, 7) is 11.1. The molecule has 0 radical (unpaired) electrons. The van der Waals surface area contributed by atoms with Crippen LogP contribution in [0.1, 0.15) is 62.9 Å². The number of para-hydroxylation sites is 2. The van der Waals surface area contributed by atoms with Gasteiger partial charge in [0.15, 0.2) is 63.5 Å².